The van der Waals surface area contributed by atoms with Crippen molar-refractivity contribution >= 4 is 11.6 Å². The average molecular weight is 511 g/mol. The summed E-state index contributed by atoms with van der Waals surface area (Å²) in [4.78, 5) is 21.9. The summed E-state index contributed by atoms with van der Waals surface area (Å²) < 4.78 is 21.6. The molecule has 1 N–H and O–H groups in total. The van der Waals surface area contributed by atoms with Crippen LogP contribution in [0.4, 0.5) is 10.1 Å². The van der Waals surface area contributed by atoms with Gasteiger partial charge in [-0.2, -0.15) is 10.4 Å². The first-order chi connectivity index (χ1) is 18.5. The van der Waals surface area contributed by atoms with E-state index in [2.05, 4.69) is 32.5 Å². The Morgan fingerprint density at radius 1 is 1.18 bits per heavy atom. The zero-order chi connectivity index (χ0) is 26.6. The summed E-state index contributed by atoms with van der Waals surface area (Å²) >= 11 is 0. The van der Waals surface area contributed by atoms with Gasteiger partial charge in [0, 0.05) is 24.5 Å². The third-order valence-electron chi connectivity index (χ3n) is 6.98. The van der Waals surface area contributed by atoms with Crippen LogP contribution in [0.15, 0.2) is 54.9 Å². The molecule has 38 heavy (non-hydrogen) atoms. The van der Waals surface area contributed by atoms with Crippen molar-refractivity contribution in [2.45, 2.75) is 38.0 Å². The van der Waals surface area contributed by atoms with E-state index in [1.807, 2.05) is 19.2 Å². The Labute approximate surface area is 220 Å². The summed E-state index contributed by atoms with van der Waals surface area (Å²) in [5, 5.41) is 16.8. The number of halogens is 1. The number of hydrogen-bond donors (Lipinski definition) is 1. The van der Waals surface area contributed by atoms with Crippen molar-refractivity contribution in [3.8, 4) is 34.5 Å². The van der Waals surface area contributed by atoms with Crippen molar-refractivity contribution in [1.82, 2.24) is 19.7 Å². The van der Waals surface area contributed by atoms with Crippen LogP contribution in [-0.2, 0) is 7.05 Å². The van der Waals surface area contributed by atoms with E-state index in [0.29, 0.717) is 11.3 Å². The molecule has 0 unspecified atom stereocenters. The SMILES string of the molecule is COc1cccc(F)c1-c1nccc(C(=O)Nc2ccc(-c3c(C#N)cnn3C)cc2C2CCCCC2)n1. The predicted octanol–water partition coefficient (Wildman–Crippen LogP) is 5.86. The quantitative estimate of drug-likeness (QED) is 0.348. The summed E-state index contributed by atoms with van der Waals surface area (Å²) in [5.74, 6) is -0.335. The number of hydrogen-bond acceptors (Lipinski definition) is 6. The second-order valence-electron chi connectivity index (χ2n) is 9.32. The molecular weight excluding hydrogens is 483 g/mol. The molecule has 1 amide bonds. The molecule has 2 aromatic carbocycles. The first-order valence-electron chi connectivity index (χ1n) is 12.5. The molecule has 0 saturated heterocycles. The molecule has 0 radical (unpaired) electrons. The van der Waals surface area contributed by atoms with Crippen molar-refractivity contribution in [2.24, 2.45) is 7.05 Å². The highest BCUT2D eigenvalue weighted by Gasteiger charge is 2.23. The molecule has 1 fully saturated rings. The van der Waals surface area contributed by atoms with Gasteiger partial charge in [-0.15, -0.1) is 0 Å². The Morgan fingerprint density at radius 2 is 2.00 bits per heavy atom. The minimum atomic E-state index is -0.538. The lowest BCUT2D eigenvalue weighted by molar-refractivity contribution is 0.102. The summed E-state index contributed by atoms with van der Waals surface area (Å²) in [7, 11) is 3.25. The van der Waals surface area contributed by atoms with Gasteiger partial charge in [0.1, 0.15) is 23.3 Å². The molecule has 2 aromatic heterocycles. The number of nitriles is 1. The van der Waals surface area contributed by atoms with Gasteiger partial charge in [0.15, 0.2) is 5.82 Å². The zero-order valence-corrected chi connectivity index (χ0v) is 21.2. The van der Waals surface area contributed by atoms with Crippen LogP contribution in [0.25, 0.3) is 22.6 Å². The molecule has 5 rings (SSSR count). The van der Waals surface area contributed by atoms with E-state index in [1.54, 1.807) is 16.9 Å². The van der Waals surface area contributed by atoms with E-state index in [9.17, 15) is 14.4 Å². The number of amides is 1. The average Bonchev–Trinajstić information content (AvgIpc) is 3.33. The summed E-state index contributed by atoms with van der Waals surface area (Å²) in [6.07, 6.45) is 8.47. The minimum absolute atomic E-state index is 0.0655. The monoisotopic (exact) mass is 510 g/mol. The zero-order valence-electron chi connectivity index (χ0n) is 21.2. The second-order valence-corrected chi connectivity index (χ2v) is 9.32. The van der Waals surface area contributed by atoms with Gasteiger partial charge in [0.25, 0.3) is 5.91 Å². The van der Waals surface area contributed by atoms with Crippen molar-refractivity contribution in [3.63, 3.8) is 0 Å². The lowest BCUT2D eigenvalue weighted by Crippen LogP contribution is -2.17. The summed E-state index contributed by atoms with van der Waals surface area (Å²) in [5.41, 5.74) is 4.02. The van der Waals surface area contributed by atoms with Crippen molar-refractivity contribution < 1.29 is 13.9 Å². The largest absolute Gasteiger partial charge is 0.496 e. The number of nitrogens with one attached hydrogen (secondary N) is 1. The van der Waals surface area contributed by atoms with Crippen molar-refractivity contribution in [2.75, 3.05) is 12.4 Å². The topological polar surface area (TPSA) is 106 Å². The number of ether oxygens (including phenoxy) is 1. The van der Waals surface area contributed by atoms with Crippen LogP contribution < -0.4 is 10.1 Å². The van der Waals surface area contributed by atoms with E-state index in [1.165, 1.54) is 37.9 Å². The predicted molar refractivity (Wildman–Crippen MR) is 141 cm³/mol. The van der Waals surface area contributed by atoms with Gasteiger partial charge in [-0.05, 0) is 54.7 Å². The molecule has 192 valence electrons. The first kappa shape index (κ1) is 25.1. The number of nitrogens with zero attached hydrogens (tertiary/aromatic N) is 5. The maximum absolute atomic E-state index is 14.6. The summed E-state index contributed by atoms with van der Waals surface area (Å²) in [6.45, 7) is 0. The van der Waals surface area contributed by atoms with E-state index in [0.717, 1.165) is 42.5 Å². The van der Waals surface area contributed by atoms with Gasteiger partial charge in [-0.25, -0.2) is 14.4 Å². The van der Waals surface area contributed by atoms with Gasteiger partial charge in [-0.3, -0.25) is 9.48 Å². The molecule has 0 aliphatic heterocycles. The number of benzene rings is 2. The highest BCUT2D eigenvalue weighted by molar-refractivity contribution is 6.03. The molecule has 0 atom stereocenters. The normalized spacial score (nSPS) is 13.6. The number of methoxy groups -OCH3 is 1. The Bertz CT molecular complexity index is 1530. The fourth-order valence-electron chi connectivity index (χ4n) is 5.12. The van der Waals surface area contributed by atoms with E-state index >= 15 is 0 Å². The number of aryl methyl sites for hydroxylation is 1. The maximum atomic E-state index is 14.6. The standard InChI is InChI=1S/C29H27FN6O2/c1-36-27(20(16-31)17-33-36)19-11-12-23(21(15-19)18-7-4-3-5-8-18)35-29(37)24-13-14-32-28(34-24)26-22(30)9-6-10-25(26)38-2/h6,9-15,17-18H,3-5,7-8H2,1-2H3,(H,35,37). The van der Waals surface area contributed by atoms with Crippen LogP contribution in [0.1, 0.15) is 59.6 Å². The van der Waals surface area contributed by atoms with Crippen LogP contribution in [-0.4, -0.2) is 32.8 Å². The van der Waals surface area contributed by atoms with Gasteiger partial charge >= 0.3 is 0 Å². The van der Waals surface area contributed by atoms with Crippen LogP contribution in [0, 0.1) is 17.1 Å². The number of anilines is 1. The molecule has 9 heteroatoms. The number of aromatic nitrogens is 4. The number of rotatable bonds is 6. The fourth-order valence-corrected chi connectivity index (χ4v) is 5.12. The highest BCUT2D eigenvalue weighted by atomic mass is 19.1. The molecule has 4 aromatic rings. The van der Waals surface area contributed by atoms with E-state index in [4.69, 9.17) is 4.74 Å². The highest BCUT2D eigenvalue weighted by Crippen LogP contribution is 2.39. The smallest absolute Gasteiger partial charge is 0.274 e. The van der Waals surface area contributed by atoms with Gasteiger partial charge in [0.2, 0.25) is 0 Å². The molecule has 0 spiro atoms. The van der Waals surface area contributed by atoms with Crippen molar-refractivity contribution in [3.05, 3.63) is 77.5 Å². The Hall–Kier alpha value is -4.58. The molecule has 1 saturated carbocycles. The molecular formula is C29H27FN6O2. The van der Waals surface area contributed by atoms with Crippen LogP contribution in [0.2, 0.25) is 0 Å². The second kappa shape index (κ2) is 10.8. The Morgan fingerprint density at radius 3 is 2.76 bits per heavy atom. The van der Waals surface area contributed by atoms with Gasteiger partial charge in [-0.1, -0.05) is 31.4 Å². The minimum Gasteiger partial charge on any atom is -0.496 e. The molecule has 2 heterocycles. The molecule has 1 aliphatic rings. The fraction of sp³-hybridized carbons (Fsp3) is 0.276. The van der Waals surface area contributed by atoms with Crippen LogP contribution in [0.5, 0.6) is 5.75 Å². The maximum Gasteiger partial charge on any atom is 0.274 e. The summed E-state index contributed by atoms with van der Waals surface area (Å²) in [6, 6.07) is 14.0. The lowest BCUT2D eigenvalue weighted by Gasteiger charge is -2.25. The molecule has 8 nitrogen and oxygen atoms in total. The lowest BCUT2D eigenvalue weighted by atomic mass is 9.82. The van der Waals surface area contributed by atoms with Crippen LogP contribution in [0.3, 0.4) is 0 Å². The van der Waals surface area contributed by atoms with Crippen molar-refractivity contribution in [1.29, 1.82) is 5.26 Å². The van der Waals surface area contributed by atoms with Crippen LogP contribution >= 0.6 is 0 Å². The third-order valence-corrected chi connectivity index (χ3v) is 6.98. The Kier molecular flexibility index (Phi) is 7.13. The van der Waals surface area contributed by atoms with E-state index in [-0.39, 0.29) is 28.7 Å². The van der Waals surface area contributed by atoms with Gasteiger partial charge in [0.05, 0.1) is 30.1 Å². The number of carbonyl (C=O) groups excluding carboxylic acids is 1. The Balaban J connectivity index is 1.50. The number of carbonyl (C=O) groups is 1. The first-order valence-corrected chi connectivity index (χ1v) is 12.5. The third kappa shape index (κ3) is 4.85. The van der Waals surface area contributed by atoms with E-state index < -0.39 is 11.7 Å². The molecule has 1 aliphatic carbocycles. The molecule has 0 bridgehead atoms. The van der Waals surface area contributed by atoms with Gasteiger partial charge < -0.3 is 10.1 Å².